The Kier molecular flexibility index (Phi) is 10.1. The third kappa shape index (κ3) is 6.27. The molecule has 14 nitrogen and oxygen atoms in total. The van der Waals surface area contributed by atoms with E-state index in [1.165, 1.54) is 37.6 Å². The van der Waals surface area contributed by atoms with E-state index in [0.29, 0.717) is 55.1 Å². The number of piperazine rings is 1. The summed E-state index contributed by atoms with van der Waals surface area (Å²) >= 11 is 0. The van der Waals surface area contributed by atoms with E-state index in [9.17, 15) is 18.5 Å². The molecule has 7 rings (SSSR count). The lowest BCUT2D eigenvalue weighted by Gasteiger charge is -2.46. The predicted octanol–water partition coefficient (Wildman–Crippen LogP) is 3.15. The smallest absolute Gasteiger partial charge is 0.318 e. The average Bonchev–Trinajstić information content (AvgIpc) is 3.40. The van der Waals surface area contributed by atoms with Crippen LogP contribution < -0.4 is 19.1 Å². The average molecular weight is 744 g/mol. The number of urea groups is 1. The van der Waals surface area contributed by atoms with Crippen LogP contribution in [0.15, 0.2) is 53.6 Å². The van der Waals surface area contributed by atoms with Crippen molar-refractivity contribution in [3.8, 4) is 17.7 Å². The number of methoxy groups -OCH3 is 1. The first-order valence-electron chi connectivity index (χ1n) is 18.0. The van der Waals surface area contributed by atoms with Crippen LogP contribution >= 0.6 is 0 Å². The second kappa shape index (κ2) is 14.6. The standard InChI is InChI=1S/C38H45N7O7S/c1-5-52-35-30(7-6-14-40-35)38(41-37(47)44-19-17-43(18-20-44)28-12-15-42(16-13-28)29-23-51-24-29)31-21-27(22-39)8-9-32(31)45(36(38)46)53(48,49)34-11-10-33(50-4)25(2)26(34)3/h6-11,14,21,28-29H,5,12-13,15-20,23-24H2,1-4H3,(H,41,47). The Balaban J connectivity index is 1.25. The maximum atomic E-state index is 15.3. The second-order valence-corrected chi connectivity index (χ2v) is 15.6. The lowest BCUT2D eigenvalue weighted by molar-refractivity contribution is -0.121. The van der Waals surface area contributed by atoms with Crippen molar-refractivity contribution in [3.05, 3.63) is 76.5 Å². The quantitative estimate of drug-likeness (QED) is 0.344. The lowest BCUT2D eigenvalue weighted by Crippen LogP contribution is -2.61. The molecule has 1 atom stereocenters. The molecule has 15 heteroatoms. The van der Waals surface area contributed by atoms with Gasteiger partial charge in [-0.1, -0.05) is 0 Å². The number of nitrogens with zero attached hydrogens (tertiary/aromatic N) is 6. The normalized spacial score (nSPS) is 21.5. The Labute approximate surface area is 310 Å². The van der Waals surface area contributed by atoms with Crippen molar-refractivity contribution in [2.75, 3.05) is 70.5 Å². The largest absolute Gasteiger partial charge is 0.496 e. The number of hydrogen-bond donors (Lipinski definition) is 1. The van der Waals surface area contributed by atoms with Crippen LogP contribution in [0.4, 0.5) is 10.5 Å². The Morgan fingerprint density at radius 1 is 1.00 bits per heavy atom. The highest BCUT2D eigenvalue weighted by Crippen LogP contribution is 2.49. The first-order valence-corrected chi connectivity index (χ1v) is 19.5. The van der Waals surface area contributed by atoms with Gasteiger partial charge in [-0.15, -0.1) is 0 Å². The van der Waals surface area contributed by atoms with Gasteiger partial charge in [-0.05, 0) is 87.2 Å². The van der Waals surface area contributed by atoms with Crippen LogP contribution in [0.5, 0.6) is 11.6 Å². The molecule has 2 aromatic carbocycles. The van der Waals surface area contributed by atoms with Crippen LogP contribution in [0.2, 0.25) is 0 Å². The number of pyridine rings is 1. The van der Waals surface area contributed by atoms with Gasteiger partial charge in [0.05, 0.1) is 60.8 Å². The number of nitrogens with one attached hydrogen (secondary N) is 1. The van der Waals surface area contributed by atoms with Gasteiger partial charge in [-0.3, -0.25) is 14.6 Å². The number of anilines is 1. The van der Waals surface area contributed by atoms with Crippen LogP contribution in [-0.4, -0.2) is 118 Å². The molecule has 0 saturated carbocycles. The minimum Gasteiger partial charge on any atom is -0.496 e. The van der Waals surface area contributed by atoms with Gasteiger partial charge >= 0.3 is 6.03 Å². The summed E-state index contributed by atoms with van der Waals surface area (Å²) in [4.78, 5) is 40.6. The number of benzene rings is 2. The number of fused-ring (bicyclic) bond motifs is 1. The van der Waals surface area contributed by atoms with Crippen molar-refractivity contribution in [2.24, 2.45) is 0 Å². The van der Waals surface area contributed by atoms with Crippen LogP contribution in [0.25, 0.3) is 0 Å². The van der Waals surface area contributed by atoms with Crippen LogP contribution in [-0.2, 0) is 25.1 Å². The molecule has 0 bridgehead atoms. The van der Waals surface area contributed by atoms with Gasteiger partial charge in [-0.2, -0.15) is 9.57 Å². The predicted molar refractivity (Wildman–Crippen MR) is 195 cm³/mol. The van der Waals surface area contributed by atoms with Gasteiger partial charge in [-0.25, -0.2) is 18.2 Å². The molecular weight excluding hydrogens is 699 g/mol. The second-order valence-electron chi connectivity index (χ2n) is 13.9. The number of ether oxygens (including phenoxy) is 3. The van der Waals surface area contributed by atoms with Crippen molar-refractivity contribution >= 4 is 27.6 Å². The minimum absolute atomic E-state index is 0.0121. The van der Waals surface area contributed by atoms with Crippen molar-refractivity contribution < 1.29 is 32.2 Å². The molecule has 1 unspecified atom stereocenters. The first-order chi connectivity index (χ1) is 25.5. The maximum absolute atomic E-state index is 15.3. The number of carbonyl (C=O) groups is 2. The van der Waals surface area contributed by atoms with Crippen molar-refractivity contribution in [1.29, 1.82) is 5.26 Å². The fraction of sp³-hybridized carbons (Fsp3) is 0.474. The molecule has 3 fully saturated rings. The third-order valence-electron chi connectivity index (χ3n) is 11.2. The highest BCUT2D eigenvalue weighted by atomic mass is 32.2. The Bertz CT molecular complexity index is 2050. The monoisotopic (exact) mass is 743 g/mol. The van der Waals surface area contributed by atoms with Crippen molar-refractivity contribution in [3.63, 3.8) is 0 Å². The molecule has 0 spiro atoms. The fourth-order valence-corrected chi connectivity index (χ4v) is 9.77. The van der Waals surface area contributed by atoms with Gasteiger partial charge in [0.1, 0.15) is 5.75 Å². The highest BCUT2D eigenvalue weighted by Gasteiger charge is 2.59. The molecule has 280 valence electrons. The number of likely N-dealkylation sites (tertiary alicyclic amines) is 1. The number of amides is 3. The summed E-state index contributed by atoms with van der Waals surface area (Å²) < 4.78 is 46.9. The summed E-state index contributed by atoms with van der Waals surface area (Å²) in [6, 6.07) is 13.0. The van der Waals surface area contributed by atoms with Crippen LogP contribution in [0.3, 0.4) is 0 Å². The van der Waals surface area contributed by atoms with Gasteiger partial charge < -0.3 is 24.4 Å². The molecule has 5 heterocycles. The Morgan fingerprint density at radius 2 is 1.72 bits per heavy atom. The molecular formula is C38H45N7O7S. The van der Waals surface area contributed by atoms with Gasteiger partial charge in [0.15, 0.2) is 5.54 Å². The van der Waals surface area contributed by atoms with E-state index >= 15 is 4.79 Å². The van der Waals surface area contributed by atoms with E-state index in [0.717, 1.165) is 43.5 Å². The summed E-state index contributed by atoms with van der Waals surface area (Å²) in [5.41, 5.74) is -0.642. The molecule has 3 saturated heterocycles. The summed E-state index contributed by atoms with van der Waals surface area (Å²) in [6.45, 7) is 11.2. The molecule has 0 aliphatic carbocycles. The lowest BCUT2D eigenvalue weighted by atomic mass is 9.83. The van der Waals surface area contributed by atoms with E-state index in [4.69, 9.17) is 14.2 Å². The summed E-state index contributed by atoms with van der Waals surface area (Å²) in [5, 5.41) is 13.0. The number of piperidine rings is 1. The van der Waals surface area contributed by atoms with E-state index in [1.54, 1.807) is 43.9 Å². The number of nitriles is 1. The topological polar surface area (TPSA) is 158 Å². The van der Waals surface area contributed by atoms with Crippen molar-refractivity contribution in [1.82, 2.24) is 25.0 Å². The highest BCUT2D eigenvalue weighted by molar-refractivity contribution is 7.93. The number of carbonyl (C=O) groups excluding carboxylic acids is 2. The van der Waals surface area contributed by atoms with Gasteiger partial charge in [0.25, 0.3) is 15.9 Å². The maximum Gasteiger partial charge on any atom is 0.318 e. The van der Waals surface area contributed by atoms with Crippen molar-refractivity contribution in [2.45, 2.75) is 56.1 Å². The summed E-state index contributed by atoms with van der Waals surface area (Å²) in [7, 11) is -3.09. The third-order valence-corrected chi connectivity index (χ3v) is 13.0. The fourth-order valence-electron chi connectivity index (χ4n) is 8.02. The molecule has 0 radical (unpaired) electrons. The zero-order valence-corrected chi connectivity index (χ0v) is 31.3. The van der Waals surface area contributed by atoms with E-state index in [2.05, 4.69) is 26.2 Å². The molecule has 3 aromatic rings. The Hall–Kier alpha value is -4.75. The summed E-state index contributed by atoms with van der Waals surface area (Å²) in [6.07, 6.45) is 3.60. The molecule has 4 aliphatic rings. The number of aromatic nitrogens is 1. The molecule has 1 aromatic heterocycles. The minimum atomic E-state index is -4.59. The molecule has 1 N–H and O–H groups in total. The first kappa shape index (κ1) is 36.6. The van der Waals surface area contributed by atoms with Gasteiger partial charge in [0.2, 0.25) is 5.88 Å². The number of sulfonamides is 1. The Morgan fingerprint density at radius 3 is 2.36 bits per heavy atom. The number of rotatable bonds is 9. The van der Waals surface area contributed by atoms with E-state index < -0.39 is 27.5 Å². The van der Waals surface area contributed by atoms with Gasteiger partial charge in [0, 0.05) is 57.1 Å². The van der Waals surface area contributed by atoms with Crippen LogP contribution in [0.1, 0.15) is 47.6 Å². The molecule has 4 aliphatic heterocycles. The molecule has 53 heavy (non-hydrogen) atoms. The van der Waals surface area contributed by atoms with E-state index in [-0.39, 0.29) is 39.8 Å². The zero-order chi connectivity index (χ0) is 37.5. The SMILES string of the molecule is CCOc1ncccc1C1(NC(=O)N2CCN(C3CCN(C4COC4)CC3)CC2)C(=O)N(S(=O)(=O)c2ccc(OC)c(C)c2C)c2ccc(C#N)cc21. The molecule has 3 amide bonds. The van der Waals surface area contributed by atoms with Crippen LogP contribution in [0, 0.1) is 25.2 Å². The van der Waals surface area contributed by atoms with E-state index in [1.807, 2.05) is 0 Å². The summed E-state index contributed by atoms with van der Waals surface area (Å²) in [5.74, 6) is -0.391. The number of hydrogen-bond acceptors (Lipinski definition) is 11. The zero-order valence-electron chi connectivity index (χ0n) is 30.5.